The van der Waals surface area contributed by atoms with Gasteiger partial charge in [0.05, 0.1) is 19.9 Å². The van der Waals surface area contributed by atoms with E-state index < -0.39 is 6.37 Å². The van der Waals surface area contributed by atoms with Gasteiger partial charge in [-0.1, -0.05) is 13.8 Å². The van der Waals surface area contributed by atoms with E-state index in [1.807, 2.05) is 25.1 Å². The number of pyridine rings is 1. The molecule has 3 nitrogen and oxygen atoms in total. The van der Waals surface area contributed by atoms with E-state index in [2.05, 4.69) is 6.07 Å². The van der Waals surface area contributed by atoms with Gasteiger partial charge >= 0.3 is 0 Å². The minimum atomic E-state index is -1.81. The van der Waals surface area contributed by atoms with Crippen LogP contribution in [0.4, 0.5) is 0 Å². The third-order valence-corrected chi connectivity index (χ3v) is 5.02. The average molecular weight is 374 g/mol. The SMILES string of the molecule is [2H]c1c(C([2H])([2H])C(C)C)c([2H])c(-c2cc3oc4ccc(C#N)cc4c3cc2C)[n+](C)c1C. The number of nitriles is 1. The Kier molecular flexibility index (Phi) is 3.39. The lowest BCUT2D eigenvalue weighted by Gasteiger charge is -2.10. The van der Waals surface area contributed by atoms with Gasteiger partial charge in [-0.25, -0.2) is 0 Å². The van der Waals surface area contributed by atoms with Crippen molar-refractivity contribution in [2.75, 3.05) is 0 Å². The highest BCUT2D eigenvalue weighted by atomic mass is 16.3. The molecule has 2 aromatic carbocycles. The normalized spacial score (nSPS) is 14.0. The van der Waals surface area contributed by atoms with Crippen LogP contribution in [0.5, 0.6) is 0 Å². The molecule has 0 atom stereocenters. The van der Waals surface area contributed by atoms with E-state index in [0.29, 0.717) is 28.1 Å². The van der Waals surface area contributed by atoms with Crippen molar-refractivity contribution in [1.29, 1.82) is 5.26 Å². The lowest BCUT2D eigenvalue weighted by atomic mass is 9.97. The Balaban J connectivity index is 2.06. The standard InChI is InChI=1S/C25H25N2O/c1-15(2)8-19-10-17(4)27(5)23(12-19)20-13-25-21(9-16(20)3)22-11-18(14-26)6-7-24(22)28-25/h6-7,9-13,15H,8H2,1-5H3/q+1/i8D2,10D,12D. The van der Waals surface area contributed by atoms with Gasteiger partial charge in [0.15, 0.2) is 5.69 Å². The van der Waals surface area contributed by atoms with Crippen LogP contribution in [-0.2, 0) is 13.4 Å². The molecule has 4 aromatic rings. The Bertz CT molecular complexity index is 1440. The van der Waals surface area contributed by atoms with Gasteiger partial charge in [-0.2, -0.15) is 9.83 Å². The molecule has 140 valence electrons. The van der Waals surface area contributed by atoms with E-state index in [-0.39, 0.29) is 23.6 Å². The molecule has 0 bridgehead atoms. The van der Waals surface area contributed by atoms with Gasteiger partial charge in [-0.15, -0.1) is 0 Å². The van der Waals surface area contributed by atoms with Gasteiger partial charge in [0.25, 0.3) is 0 Å². The molecule has 0 spiro atoms. The molecule has 0 amide bonds. The van der Waals surface area contributed by atoms with Crippen LogP contribution in [0.15, 0.2) is 46.8 Å². The van der Waals surface area contributed by atoms with Crippen molar-refractivity contribution in [2.24, 2.45) is 13.0 Å². The molecule has 3 heteroatoms. The van der Waals surface area contributed by atoms with Gasteiger partial charge in [0.1, 0.15) is 18.2 Å². The molecule has 0 saturated carbocycles. The van der Waals surface area contributed by atoms with Gasteiger partial charge in [-0.05, 0) is 60.7 Å². The number of rotatable bonds is 3. The minimum Gasteiger partial charge on any atom is -0.456 e. The highest BCUT2D eigenvalue weighted by Crippen LogP contribution is 2.34. The second-order valence-corrected chi connectivity index (χ2v) is 7.51. The predicted molar refractivity (Wildman–Crippen MR) is 113 cm³/mol. The molecule has 0 saturated heterocycles. The molecule has 0 N–H and O–H groups in total. The Morgan fingerprint density at radius 2 is 1.89 bits per heavy atom. The number of fused-ring (bicyclic) bond motifs is 3. The van der Waals surface area contributed by atoms with Crippen molar-refractivity contribution in [3.8, 4) is 17.3 Å². The van der Waals surface area contributed by atoms with E-state index in [4.69, 9.17) is 9.90 Å². The highest BCUT2D eigenvalue weighted by Gasteiger charge is 2.19. The van der Waals surface area contributed by atoms with Crippen LogP contribution in [0, 0.1) is 31.1 Å². The van der Waals surface area contributed by atoms with E-state index in [9.17, 15) is 5.26 Å². The lowest BCUT2D eigenvalue weighted by Crippen LogP contribution is -2.35. The first-order valence-electron chi connectivity index (χ1n) is 11.4. The Hall–Kier alpha value is -3.12. The van der Waals surface area contributed by atoms with E-state index in [1.165, 1.54) is 0 Å². The molecule has 0 radical (unpaired) electrons. The number of nitrogens with zero attached hydrogens (tertiary/aromatic N) is 2. The zero-order valence-corrected chi connectivity index (χ0v) is 16.8. The first-order chi connectivity index (χ1) is 15.0. The molecular weight excluding hydrogens is 344 g/mol. The van der Waals surface area contributed by atoms with Crippen LogP contribution in [-0.4, -0.2) is 0 Å². The largest absolute Gasteiger partial charge is 0.456 e. The number of hydrogen-bond donors (Lipinski definition) is 0. The van der Waals surface area contributed by atoms with Crippen molar-refractivity contribution < 1.29 is 14.5 Å². The van der Waals surface area contributed by atoms with Crippen LogP contribution in [0.25, 0.3) is 33.2 Å². The summed E-state index contributed by atoms with van der Waals surface area (Å²) in [6.07, 6.45) is -1.81. The van der Waals surface area contributed by atoms with Crippen molar-refractivity contribution in [1.82, 2.24) is 0 Å². The number of benzene rings is 2. The molecule has 4 rings (SSSR count). The Labute approximate surface area is 171 Å². The molecule has 2 heterocycles. The fraction of sp³-hybridized carbons (Fsp3) is 0.280. The first kappa shape index (κ1) is 14.0. The van der Waals surface area contributed by atoms with Crippen molar-refractivity contribution in [2.45, 2.75) is 34.1 Å². The topological polar surface area (TPSA) is 40.8 Å². The van der Waals surface area contributed by atoms with Crippen LogP contribution in [0.2, 0.25) is 0 Å². The lowest BCUT2D eigenvalue weighted by molar-refractivity contribution is -0.666. The summed E-state index contributed by atoms with van der Waals surface area (Å²) in [5, 5.41) is 11.0. The van der Waals surface area contributed by atoms with E-state index in [1.54, 1.807) is 44.5 Å². The molecule has 0 aliphatic carbocycles. The number of hydrogen-bond acceptors (Lipinski definition) is 2. The highest BCUT2D eigenvalue weighted by molar-refractivity contribution is 6.06. The van der Waals surface area contributed by atoms with Gasteiger partial charge < -0.3 is 4.42 Å². The second kappa shape index (κ2) is 6.80. The third kappa shape index (κ3) is 3.05. The smallest absolute Gasteiger partial charge is 0.213 e. The molecule has 0 aliphatic rings. The van der Waals surface area contributed by atoms with Gasteiger partial charge in [0.2, 0.25) is 5.69 Å². The van der Waals surface area contributed by atoms with Crippen molar-refractivity contribution in [3.63, 3.8) is 0 Å². The molecule has 0 fully saturated rings. The molecule has 0 aliphatic heterocycles. The maximum Gasteiger partial charge on any atom is 0.213 e. The quantitative estimate of drug-likeness (QED) is 0.428. The Morgan fingerprint density at radius 3 is 2.61 bits per heavy atom. The predicted octanol–water partition coefficient (Wildman–Crippen LogP) is 5.76. The number of aryl methyl sites for hydroxylation is 1. The summed E-state index contributed by atoms with van der Waals surface area (Å²) in [5.41, 5.74) is 4.80. The molecular formula is C25H25N2O+. The van der Waals surface area contributed by atoms with Crippen molar-refractivity contribution >= 4 is 21.9 Å². The summed E-state index contributed by atoms with van der Waals surface area (Å²) in [4.78, 5) is 0. The van der Waals surface area contributed by atoms with Gasteiger partial charge in [0, 0.05) is 32.5 Å². The van der Waals surface area contributed by atoms with Crippen LogP contribution in [0.1, 0.15) is 41.7 Å². The van der Waals surface area contributed by atoms with E-state index in [0.717, 1.165) is 21.9 Å². The third-order valence-electron chi connectivity index (χ3n) is 5.02. The molecule has 2 aromatic heterocycles. The average Bonchev–Trinajstić information content (AvgIpc) is 3.08. The zero-order chi connectivity index (χ0) is 23.5. The minimum absolute atomic E-state index is 0.0205. The maximum absolute atomic E-state index is 9.24. The van der Waals surface area contributed by atoms with Crippen LogP contribution in [0.3, 0.4) is 0 Å². The monoisotopic (exact) mass is 373 g/mol. The van der Waals surface area contributed by atoms with Crippen molar-refractivity contribution in [3.05, 3.63) is 64.8 Å². The van der Waals surface area contributed by atoms with Gasteiger partial charge in [-0.3, -0.25) is 0 Å². The fourth-order valence-corrected chi connectivity index (χ4v) is 3.53. The maximum atomic E-state index is 9.24. The fourth-order valence-electron chi connectivity index (χ4n) is 3.53. The summed E-state index contributed by atoms with van der Waals surface area (Å²) in [6.45, 7) is 7.26. The molecule has 28 heavy (non-hydrogen) atoms. The second-order valence-electron chi connectivity index (χ2n) is 7.51. The Morgan fingerprint density at radius 1 is 1.14 bits per heavy atom. The summed E-state index contributed by atoms with van der Waals surface area (Å²) in [6, 6.07) is 11.4. The summed E-state index contributed by atoms with van der Waals surface area (Å²) in [7, 11) is 1.80. The summed E-state index contributed by atoms with van der Waals surface area (Å²) < 4.78 is 42.5. The number of aromatic nitrogens is 1. The van der Waals surface area contributed by atoms with Crippen LogP contribution >= 0.6 is 0 Å². The van der Waals surface area contributed by atoms with Crippen LogP contribution < -0.4 is 4.57 Å². The summed E-state index contributed by atoms with van der Waals surface area (Å²) >= 11 is 0. The zero-order valence-electron chi connectivity index (χ0n) is 20.8. The van der Waals surface area contributed by atoms with E-state index >= 15 is 0 Å². The summed E-state index contributed by atoms with van der Waals surface area (Å²) in [5.74, 6) is -0.385. The first-order valence-corrected chi connectivity index (χ1v) is 9.36. The number of furan rings is 1. The molecule has 0 unspecified atom stereocenters.